The molecule has 3 unspecified atom stereocenters. The van der Waals surface area contributed by atoms with E-state index in [4.69, 9.17) is 9.84 Å². The van der Waals surface area contributed by atoms with Gasteiger partial charge in [-0.15, -0.1) is 0 Å². The van der Waals surface area contributed by atoms with Crippen LogP contribution in [-0.2, 0) is 14.3 Å². The third kappa shape index (κ3) is 5.32. The number of ether oxygens (including phenoxy) is 1. The van der Waals surface area contributed by atoms with Crippen molar-refractivity contribution in [2.45, 2.75) is 63.9 Å². The fourth-order valence-electron chi connectivity index (χ4n) is 4.70. The summed E-state index contributed by atoms with van der Waals surface area (Å²) in [6.45, 7) is 0. The van der Waals surface area contributed by atoms with E-state index in [0.717, 1.165) is 23.8 Å². The lowest BCUT2D eigenvalue weighted by molar-refractivity contribution is -0.153. The molecule has 0 saturated heterocycles. The summed E-state index contributed by atoms with van der Waals surface area (Å²) < 4.78 is 5.51. The molecule has 0 amide bonds. The molecule has 2 bridgehead atoms. The van der Waals surface area contributed by atoms with Gasteiger partial charge in [-0.2, -0.15) is 0 Å². The predicted octanol–water partition coefficient (Wildman–Crippen LogP) is 4.74. The number of hydrogen-bond donors (Lipinski definition) is 1. The van der Waals surface area contributed by atoms with Crippen LogP contribution in [0, 0.1) is 17.8 Å². The average molecular weight is 344 g/mol. The van der Waals surface area contributed by atoms with Crippen LogP contribution in [0.1, 0.15) is 69.5 Å². The first-order valence-corrected chi connectivity index (χ1v) is 9.56. The van der Waals surface area contributed by atoms with Gasteiger partial charge in [0.05, 0.1) is 6.42 Å². The molecule has 0 radical (unpaired) electrons. The van der Waals surface area contributed by atoms with Crippen LogP contribution in [0.3, 0.4) is 0 Å². The number of benzene rings is 1. The van der Waals surface area contributed by atoms with E-state index in [1.807, 2.05) is 30.3 Å². The Morgan fingerprint density at radius 2 is 1.76 bits per heavy atom. The molecule has 3 atom stereocenters. The van der Waals surface area contributed by atoms with Crippen molar-refractivity contribution in [1.29, 1.82) is 0 Å². The normalized spacial score (nSPS) is 26.6. The molecule has 1 N–H and O–H groups in total. The molecular weight excluding hydrogens is 316 g/mol. The summed E-state index contributed by atoms with van der Waals surface area (Å²) in [4.78, 5) is 23.4. The molecule has 3 rings (SSSR count). The summed E-state index contributed by atoms with van der Waals surface area (Å²) in [6.07, 6.45) is 8.35. The molecule has 136 valence electrons. The number of carboxylic acid groups (broad SMARTS) is 1. The predicted molar refractivity (Wildman–Crippen MR) is 94.9 cm³/mol. The number of rotatable bonds is 7. The lowest BCUT2D eigenvalue weighted by Gasteiger charge is -2.39. The van der Waals surface area contributed by atoms with E-state index in [1.54, 1.807) is 0 Å². The number of hydrogen-bond acceptors (Lipinski definition) is 3. The summed E-state index contributed by atoms with van der Waals surface area (Å²) >= 11 is 0. The first kappa shape index (κ1) is 18.0. The number of carboxylic acids is 1. The molecule has 0 aliphatic heterocycles. The zero-order valence-corrected chi connectivity index (χ0v) is 14.7. The van der Waals surface area contributed by atoms with Gasteiger partial charge in [-0.3, -0.25) is 9.59 Å². The monoisotopic (exact) mass is 344 g/mol. The van der Waals surface area contributed by atoms with Crippen molar-refractivity contribution in [3.8, 4) is 0 Å². The highest BCUT2D eigenvalue weighted by Crippen LogP contribution is 2.43. The molecule has 2 aliphatic rings. The highest BCUT2D eigenvalue weighted by Gasteiger charge is 2.32. The van der Waals surface area contributed by atoms with Crippen molar-refractivity contribution in [2.24, 2.45) is 17.8 Å². The summed E-state index contributed by atoms with van der Waals surface area (Å²) in [5.74, 6) is 1.12. The Kier molecular flexibility index (Phi) is 6.11. The van der Waals surface area contributed by atoms with Gasteiger partial charge in [-0.25, -0.2) is 0 Å². The molecule has 1 aromatic carbocycles. The molecule has 0 spiro atoms. The molecule has 25 heavy (non-hydrogen) atoms. The van der Waals surface area contributed by atoms with Gasteiger partial charge in [0.2, 0.25) is 0 Å². The van der Waals surface area contributed by atoms with Crippen LogP contribution in [-0.4, -0.2) is 17.0 Å². The Balaban J connectivity index is 1.50. The lowest BCUT2D eigenvalue weighted by atomic mass is 9.67. The maximum Gasteiger partial charge on any atom is 0.307 e. The highest BCUT2D eigenvalue weighted by atomic mass is 16.5. The van der Waals surface area contributed by atoms with Crippen LogP contribution in [0.15, 0.2) is 30.3 Å². The second-order valence-corrected chi connectivity index (χ2v) is 7.76. The number of carbonyl (C=O) groups is 2. The number of carbonyl (C=O) groups excluding carboxylic acids is 1. The Labute approximate surface area is 149 Å². The molecular formula is C21H28O4. The van der Waals surface area contributed by atoms with Crippen molar-refractivity contribution in [3.05, 3.63) is 35.9 Å². The molecule has 4 heteroatoms. The van der Waals surface area contributed by atoms with Crippen molar-refractivity contribution < 1.29 is 19.4 Å². The van der Waals surface area contributed by atoms with Gasteiger partial charge in [0.1, 0.15) is 6.10 Å². The van der Waals surface area contributed by atoms with Gasteiger partial charge >= 0.3 is 11.9 Å². The largest absolute Gasteiger partial charge is 0.481 e. The lowest BCUT2D eigenvalue weighted by Crippen LogP contribution is -2.27. The zero-order chi connectivity index (χ0) is 17.6. The van der Waals surface area contributed by atoms with Crippen LogP contribution in [0.4, 0.5) is 0 Å². The molecule has 2 aliphatic carbocycles. The Bertz CT molecular complexity index is 571. The van der Waals surface area contributed by atoms with Crippen LogP contribution in [0.2, 0.25) is 0 Å². The first-order chi connectivity index (χ1) is 12.1. The van der Waals surface area contributed by atoms with Crippen molar-refractivity contribution in [2.75, 3.05) is 0 Å². The second-order valence-electron chi connectivity index (χ2n) is 7.76. The van der Waals surface area contributed by atoms with E-state index >= 15 is 0 Å². The van der Waals surface area contributed by atoms with Crippen LogP contribution < -0.4 is 0 Å². The molecule has 1 aromatic rings. The topological polar surface area (TPSA) is 63.6 Å². The third-order valence-electron chi connectivity index (χ3n) is 5.79. The van der Waals surface area contributed by atoms with Gasteiger partial charge in [0.15, 0.2) is 0 Å². The Morgan fingerprint density at radius 3 is 2.40 bits per heavy atom. The summed E-state index contributed by atoms with van der Waals surface area (Å²) in [6, 6.07) is 9.15. The quantitative estimate of drug-likeness (QED) is 0.726. The summed E-state index contributed by atoms with van der Waals surface area (Å²) in [5, 5.41) is 9.09. The fourth-order valence-corrected chi connectivity index (χ4v) is 4.70. The van der Waals surface area contributed by atoms with Crippen LogP contribution in [0.25, 0.3) is 0 Å². The average Bonchev–Trinajstić information content (AvgIpc) is 2.59. The minimum atomic E-state index is -0.957. The van der Waals surface area contributed by atoms with E-state index in [1.165, 1.54) is 38.5 Å². The minimum absolute atomic E-state index is 0.191. The molecule has 4 nitrogen and oxygen atoms in total. The van der Waals surface area contributed by atoms with Gasteiger partial charge in [0, 0.05) is 6.42 Å². The summed E-state index contributed by atoms with van der Waals surface area (Å²) in [7, 11) is 0. The Hall–Kier alpha value is -1.84. The maximum atomic E-state index is 12.3. The first-order valence-electron chi connectivity index (χ1n) is 9.56. The van der Waals surface area contributed by atoms with Crippen molar-refractivity contribution in [3.63, 3.8) is 0 Å². The molecule has 0 aromatic heterocycles. The van der Waals surface area contributed by atoms with Crippen LogP contribution >= 0.6 is 0 Å². The van der Waals surface area contributed by atoms with E-state index in [0.29, 0.717) is 12.3 Å². The number of esters is 1. The zero-order valence-electron chi connectivity index (χ0n) is 14.7. The molecule has 0 heterocycles. The molecule has 2 saturated carbocycles. The Morgan fingerprint density at radius 1 is 1.08 bits per heavy atom. The van der Waals surface area contributed by atoms with Gasteiger partial charge in [0.25, 0.3) is 0 Å². The fraction of sp³-hybridized carbons (Fsp3) is 0.619. The smallest absolute Gasteiger partial charge is 0.307 e. The van der Waals surface area contributed by atoms with E-state index in [9.17, 15) is 9.59 Å². The van der Waals surface area contributed by atoms with Crippen molar-refractivity contribution in [1.82, 2.24) is 0 Å². The summed E-state index contributed by atoms with van der Waals surface area (Å²) in [5.41, 5.74) is 0.741. The third-order valence-corrected chi connectivity index (χ3v) is 5.79. The standard InChI is InChI=1S/C21H28O4/c22-20(23)14-19(18-7-2-1-3-8-18)25-21(24)10-9-17-12-15-5-4-6-16(11-15)13-17/h1-3,7-8,15-17,19H,4-6,9-14H2,(H,22,23). The number of fused-ring (bicyclic) bond motifs is 2. The highest BCUT2D eigenvalue weighted by molar-refractivity contribution is 5.72. The minimum Gasteiger partial charge on any atom is -0.481 e. The van der Waals surface area contributed by atoms with E-state index < -0.39 is 12.1 Å². The van der Waals surface area contributed by atoms with Gasteiger partial charge in [-0.05, 0) is 49.0 Å². The van der Waals surface area contributed by atoms with E-state index in [2.05, 4.69) is 0 Å². The second kappa shape index (κ2) is 8.50. The van der Waals surface area contributed by atoms with Gasteiger partial charge in [-0.1, -0.05) is 49.6 Å². The SMILES string of the molecule is O=C(O)CC(OC(=O)CCC1CC2CCCC(C2)C1)c1ccccc1. The van der Waals surface area contributed by atoms with Crippen LogP contribution in [0.5, 0.6) is 0 Å². The van der Waals surface area contributed by atoms with Crippen molar-refractivity contribution >= 4 is 11.9 Å². The maximum absolute atomic E-state index is 12.3. The number of aliphatic carboxylic acids is 1. The van der Waals surface area contributed by atoms with E-state index in [-0.39, 0.29) is 12.4 Å². The van der Waals surface area contributed by atoms with Gasteiger partial charge < -0.3 is 9.84 Å². The molecule has 2 fully saturated rings.